The van der Waals surface area contributed by atoms with Gasteiger partial charge in [0, 0.05) is 16.6 Å². The normalized spacial score (nSPS) is 33.3. The molecule has 1 aromatic rings. The van der Waals surface area contributed by atoms with Crippen LogP contribution in [0.3, 0.4) is 0 Å². The standard InChI is InChI=1S/C13H13NO5/c15-14(16)10-6-7-17-11-8-18-13(19-12(10)11)9-4-2-1-3-5-9/h1-7,10-13H,8H2/t10-,11+,12+,13-/m0/s1. The Morgan fingerprint density at radius 1 is 1.26 bits per heavy atom. The molecule has 0 unspecified atom stereocenters. The van der Waals surface area contributed by atoms with E-state index >= 15 is 0 Å². The van der Waals surface area contributed by atoms with Crippen LogP contribution in [0.1, 0.15) is 11.9 Å². The largest absolute Gasteiger partial charge is 0.493 e. The average molecular weight is 263 g/mol. The lowest BCUT2D eigenvalue weighted by Gasteiger charge is -2.37. The van der Waals surface area contributed by atoms with Gasteiger partial charge in [0.25, 0.3) is 6.04 Å². The van der Waals surface area contributed by atoms with Crippen LogP contribution in [0.4, 0.5) is 0 Å². The van der Waals surface area contributed by atoms with Crippen LogP contribution in [-0.2, 0) is 14.2 Å². The molecule has 19 heavy (non-hydrogen) atoms. The highest BCUT2D eigenvalue weighted by Gasteiger charge is 2.45. The van der Waals surface area contributed by atoms with Crippen molar-refractivity contribution in [2.45, 2.75) is 24.5 Å². The van der Waals surface area contributed by atoms with Gasteiger partial charge in [-0.15, -0.1) is 0 Å². The molecule has 0 N–H and O–H groups in total. The van der Waals surface area contributed by atoms with E-state index in [4.69, 9.17) is 14.2 Å². The van der Waals surface area contributed by atoms with Gasteiger partial charge >= 0.3 is 0 Å². The molecule has 0 saturated carbocycles. The van der Waals surface area contributed by atoms with E-state index in [9.17, 15) is 10.1 Å². The molecule has 0 bridgehead atoms. The summed E-state index contributed by atoms with van der Waals surface area (Å²) in [5.74, 6) is 0. The van der Waals surface area contributed by atoms with Crippen LogP contribution < -0.4 is 0 Å². The molecule has 3 rings (SSSR count). The average Bonchev–Trinajstić information content (AvgIpc) is 2.47. The molecule has 0 spiro atoms. The molecule has 1 fully saturated rings. The highest BCUT2D eigenvalue weighted by atomic mass is 16.7. The summed E-state index contributed by atoms with van der Waals surface area (Å²) in [6.07, 6.45) is 1.12. The van der Waals surface area contributed by atoms with E-state index in [1.807, 2.05) is 30.3 Å². The molecular weight excluding hydrogens is 250 g/mol. The molecule has 2 heterocycles. The maximum atomic E-state index is 11.0. The van der Waals surface area contributed by atoms with Crippen molar-refractivity contribution < 1.29 is 19.1 Å². The fourth-order valence-electron chi connectivity index (χ4n) is 2.28. The first-order valence-corrected chi connectivity index (χ1v) is 6.03. The van der Waals surface area contributed by atoms with Gasteiger partial charge in [0.2, 0.25) is 0 Å². The predicted molar refractivity (Wildman–Crippen MR) is 64.8 cm³/mol. The molecule has 2 aliphatic heterocycles. The quantitative estimate of drug-likeness (QED) is 0.599. The third-order valence-corrected chi connectivity index (χ3v) is 3.24. The Kier molecular flexibility index (Phi) is 3.18. The van der Waals surface area contributed by atoms with Crippen molar-refractivity contribution in [3.63, 3.8) is 0 Å². The Labute approximate surface area is 109 Å². The molecule has 6 nitrogen and oxygen atoms in total. The molecule has 0 amide bonds. The van der Waals surface area contributed by atoms with Gasteiger partial charge in [-0.2, -0.15) is 0 Å². The van der Waals surface area contributed by atoms with E-state index in [2.05, 4.69) is 0 Å². The van der Waals surface area contributed by atoms with Gasteiger partial charge in [0.05, 0.1) is 12.9 Å². The Morgan fingerprint density at radius 3 is 2.79 bits per heavy atom. The predicted octanol–water partition coefficient (Wildman–Crippen LogP) is 1.66. The van der Waals surface area contributed by atoms with E-state index < -0.39 is 24.5 Å². The molecule has 6 heteroatoms. The van der Waals surface area contributed by atoms with Crippen LogP contribution in [0.25, 0.3) is 0 Å². The van der Waals surface area contributed by atoms with Crippen LogP contribution in [0.2, 0.25) is 0 Å². The van der Waals surface area contributed by atoms with E-state index in [1.165, 1.54) is 12.3 Å². The van der Waals surface area contributed by atoms with Crippen molar-refractivity contribution in [1.29, 1.82) is 0 Å². The van der Waals surface area contributed by atoms with Gasteiger partial charge in [0.15, 0.2) is 18.5 Å². The second-order valence-electron chi connectivity index (χ2n) is 4.46. The fraction of sp³-hybridized carbons (Fsp3) is 0.385. The number of benzene rings is 1. The lowest BCUT2D eigenvalue weighted by atomic mass is 10.0. The van der Waals surface area contributed by atoms with Gasteiger partial charge in [-0.25, -0.2) is 0 Å². The maximum absolute atomic E-state index is 11.0. The molecule has 100 valence electrons. The molecule has 0 aromatic heterocycles. The van der Waals surface area contributed by atoms with E-state index in [1.54, 1.807) is 0 Å². The Bertz CT molecular complexity index is 489. The smallest absolute Gasteiger partial charge is 0.264 e. The van der Waals surface area contributed by atoms with Gasteiger partial charge in [-0.3, -0.25) is 10.1 Å². The summed E-state index contributed by atoms with van der Waals surface area (Å²) in [7, 11) is 0. The summed E-state index contributed by atoms with van der Waals surface area (Å²) < 4.78 is 16.6. The molecule has 0 radical (unpaired) electrons. The first kappa shape index (κ1) is 12.1. The Morgan fingerprint density at radius 2 is 2.05 bits per heavy atom. The summed E-state index contributed by atoms with van der Waals surface area (Å²) >= 11 is 0. The number of rotatable bonds is 2. The van der Waals surface area contributed by atoms with Crippen molar-refractivity contribution in [3.8, 4) is 0 Å². The minimum Gasteiger partial charge on any atom is -0.493 e. The third kappa shape index (κ3) is 2.32. The van der Waals surface area contributed by atoms with Crippen molar-refractivity contribution >= 4 is 0 Å². The number of ether oxygens (including phenoxy) is 3. The zero-order chi connectivity index (χ0) is 13.2. The maximum Gasteiger partial charge on any atom is 0.264 e. The highest BCUT2D eigenvalue weighted by molar-refractivity contribution is 5.16. The van der Waals surface area contributed by atoms with Crippen molar-refractivity contribution in [3.05, 3.63) is 58.3 Å². The fourth-order valence-corrected chi connectivity index (χ4v) is 2.28. The van der Waals surface area contributed by atoms with Crippen LogP contribution in [0.5, 0.6) is 0 Å². The number of nitro groups is 1. The number of nitrogens with zero attached hydrogens (tertiary/aromatic N) is 1. The zero-order valence-electron chi connectivity index (χ0n) is 10.0. The monoisotopic (exact) mass is 263 g/mol. The molecular formula is C13H13NO5. The van der Waals surface area contributed by atoms with Crippen molar-refractivity contribution in [2.75, 3.05) is 6.61 Å². The van der Waals surface area contributed by atoms with Crippen LogP contribution in [0.15, 0.2) is 42.7 Å². The van der Waals surface area contributed by atoms with E-state index in [0.717, 1.165) is 5.56 Å². The Hall–Kier alpha value is -1.92. The summed E-state index contributed by atoms with van der Waals surface area (Å²) in [6.45, 7) is 0.277. The van der Waals surface area contributed by atoms with E-state index in [-0.39, 0.29) is 11.5 Å². The molecule has 2 aliphatic rings. The van der Waals surface area contributed by atoms with Gasteiger partial charge in [-0.1, -0.05) is 30.3 Å². The summed E-state index contributed by atoms with van der Waals surface area (Å²) in [4.78, 5) is 10.7. The number of hydrogen-bond acceptors (Lipinski definition) is 5. The lowest BCUT2D eigenvalue weighted by molar-refractivity contribution is -0.533. The zero-order valence-corrected chi connectivity index (χ0v) is 10.0. The minimum absolute atomic E-state index is 0.277. The van der Waals surface area contributed by atoms with Crippen molar-refractivity contribution in [1.82, 2.24) is 0 Å². The molecule has 0 aliphatic carbocycles. The van der Waals surface area contributed by atoms with Crippen LogP contribution >= 0.6 is 0 Å². The Balaban J connectivity index is 1.80. The van der Waals surface area contributed by atoms with Crippen molar-refractivity contribution in [2.24, 2.45) is 0 Å². The molecule has 1 saturated heterocycles. The second-order valence-corrected chi connectivity index (χ2v) is 4.46. The SMILES string of the molecule is O=[N+]([O-])[C@H]1C=CO[C@@H]2CO[C@H](c3ccccc3)O[C@@H]21. The van der Waals surface area contributed by atoms with Crippen LogP contribution in [-0.4, -0.2) is 29.8 Å². The third-order valence-electron chi connectivity index (χ3n) is 3.24. The summed E-state index contributed by atoms with van der Waals surface area (Å²) in [5, 5.41) is 11.0. The van der Waals surface area contributed by atoms with Crippen LogP contribution in [0, 0.1) is 10.1 Å². The van der Waals surface area contributed by atoms with E-state index in [0.29, 0.717) is 0 Å². The number of fused-ring (bicyclic) bond motifs is 1. The number of hydrogen-bond donors (Lipinski definition) is 0. The summed E-state index contributed by atoms with van der Waals surface area (Å²) in [5.41, 5.74) is 0.845. The molecule has 1 aromatic carbocycles. The van der Waals surface area contributed by atoms with Gasteiger partial charge in [-0.05, 0) is 0 Å². The molecule has 4 atom stereocenters. The second kappa shape index (κ2) is 4.99. The minimum atomic E-state index is -0.895. The first-order valence-electron chi connectivity index (χ1n) is 6.03. The lowest BCUT2D eigenvalue weighted by Crippen LogP contribution is -2.51. The highest BCUT2D eigenvalue weighted by Crippen LogP contribution is 2.31. The summed E-state index contributed by atoms with van der Waals surface area (Å²) in [6, 6.07) is 8.47. The topological polar surface area (TPSA) is 70.8 Å². The first-order chi connectivity index (χ1) is 9.25. The van der Waals surface area contributed by atoms with Gasteiger partial charge < -0.3 is 14.2 Å². The van der Waals surface area contributed by atoms with Gasteiger partial charge in [0.1, 0.15) is 0 Å².